The normalized spacial score (nSPS) is 23.1. The van der Waals surface area contributed by atoms with Gasteiger partial charge in [0.2, 0.25) is 0 Å². The summed E-state index contributed by atoms with van der Waals surface area (Å²) in [5, 5.41) is 12.0. The lowest BCUT2D eigenvalue weighted by atomic mass is 9.72. The molecule has 2 fully saturated rings. The number of rotatable bonds is 3. The van der Waals surface area contributed by atoms with Crippen LogP contribution in [-0.2, 0) is 18.3 Å². The molecule has 1 unspecified atom stereocenters. The van der Waals surface area contributed by atoms with Gasteiger partial charge in [0.15, 0.2) is 5.65 Å². The van der Waals surface area contributed by atoms with Crippen molar-refractivity contribution in [2.45, 2.75) is 76.2 Å². The Kier molecular flexibility index (Phi) is 6.24. The minimum Gasteiger partial charge on any atom is -0.366 e. The Morgan fingerprint density at radius 1 is 1.22 bits per heavy atom. The van der Waals surface area contributed by atoms with E-state index in [4.69, 9.17) is 10.1 Å². The van der Waals surface area contributed by atoms with Gasteiger partial charge in [-0.3, -0.25) is 0 Å². The molecule has 2 aromatic rings. The maximum atomic E-state index is 5.24. The van der Waals surface area contributed by atoms with E-state index in [1.54, 1.807) is 0 Å². The van der Waals surface area contributed by atoms with Crippen molar-refractivity contribution in [3.05, 3.63) is 23.0 Å². The molecular formula is C20H31Cl2N5. The highest BCUT2D eigenvalue weighted by molar-refractivity contribution is 5.85. The van der Waals surface area contributed by atoms with Crippen LogP contribution in [0.15, 0.2) is 6.20 Å². The van der Waals surface area contributed by atoms with Gasteiger partial charge in [-0.25, -0.2) is 4.98 Å². The number of nitrogens with one attached hydrogen (secondary N) is 2. The van der Waals surface area contributed by atoms with Crippen LogP contribution in [0.4, 0.5) is 5.82 Å². The lowest BCUT2D eigenvalue weighted by Gasteiger charge is -2.33. The summed E-state index contributed by atoms with van der Waals surface area (Å²) < 4.78 is 2.10. The maximum Gasteiger partial charge on any atom is 0.160 e. The summed E-state index contributed by atoms with van der Waals surface area (Å²) in [4.78, 5) is 5.24. The Morgan fingerprint density at radius 2 is 2.04 bits per heavy atom. The molecule has 1 atom stereocenters. The van der Waals surface area contributed by atoms with Crippen molar-refractivity contribution in [1.82, 2.24) is 19.9 Å². The first-order chi connectivity index (χ1) is 12.3. The second kappa shape index (κ2) is 8.14. The first-order valence-electron chi connectivity index (χ1n) is 10.2. The van der Waals surface area contributed by atoms with Crippen LogP contribution in [0, 0.1) is 0 Å². The highest BCUT2D eigenvalue weighted by Crippen LogP contribution is 2.49. The highest BCUT2D eigenvalue weighted by atomic mass is 35.5. The zero-order valence-corrected chi connectivity index (χ0v) is 17.7. The summed E-state index contributed by atoms with van der Waals surface area (Å²) in [6.45, 7) is 4.36. The predicted molar refractivity (Wildman–Crippen MR) is 115 cm³/mol. The van der Waals surface area contributed by atoms with E-state index < -0.39 is 0 Å². The summed E-state index contributed by atoms with van der Waals surface area (Å²) in [6, 6.07) is 0.506. The Bertz CT molecular complexity index is 791. The second-order valence-corrected chi connectivity index (χ2v) is 8.22. The first kappa shape index (κ1) is 20.7. The highest BCUT2D eigenvalue weighted by Gasteiger charge is 2.43. The van der Waals surface area contributed by atoms with Crippen molar-refractivity contribution < 1.29 is 0 Å². The first-order valence-corrected chi connectivity index (χ1v) is 10.2. The van der Waals surface area contributed by atoms with Gasteiger partial charge in [-0.15, -0.1) is 24.8 Å². The molecule has 3 heterocycles. The number of anilines is 1. The molecule has 2 aliphatic carbocycles. The molecule has 0 amide bonds. The van der Waals surface area contributed by atoms with E-state index >= 15 is 0 Å². The number of nitrogens with zero attached hydrogens (tertiary/aromatic N) is 3. The fourth-order valence-corrected chi connectivity index (χ4v) is 5.31. The quantitative estimate of drug-likeness (QED) is 0.799. The minimum atomic E-state index is 0. The Balaban J connectivity index is 0.00000105. The van der Waals surface area contributed by atoms with Crippen LogP contribution < -0.4 is 10.6 Å². The van der Waals surface area contributed by atoms with E-state index in [2.05, 4.69) is 22.1 Å². The van der Waals surface area contributed by atoms with E-state index in [0.29, 0.717) is 11.5 Å². The van der Waals surface area contributed by atoms with E-state index in [1.165, 1.54) is 67.6 Å². The average Bonchev–Trinajstić information content (AvgIpc) is 3.36. The number of fused-ring (bicyclic) bond motifs is 3. The van der Waals surface area contributed by atoms with Crippen molar-refractivity contribution in [3.63, 3.8) is 0 Å². The molecule has 0 aromatic carbocycles. The largest absolute Gasteiger partial charge is 0.366 e. The molecule has 1 saturated carbocycles. The van der Waals surface area contributed by atoms with Crippen molar-refractivity contribution in [2.75, 3.05) is 18.4 Å². The summed E-state index contributed by atoms with van der Waals surface area (Å²) in [5.74, 6) is 1.23. The van der Waals surface area contributed by atoms with Crippen LogP contribution in [-0.4, -0.2) is 33.7 Å². The number of hydrogen-bond acceptors (Lipinski definition) is 4. The topological polar surface area (TPSA) is 54.2 Å². The number of hydrogen-bond donors (Lipinski definition) is 2. The Morgan fingerprint density at radius 3 is 2.74 bits per heavy atom. The third-order valence-electron chi connectivity index (χ3n) is 6.77. The zero-order chi connectivity index (χ0) is 16.9. The molecule has 1 spiro atoms. The van der Waals surface area contributed by atoms with Crippen molar-refractivity contribution in [1.29, 1.82) is 0 Å². The summed E-state index contributed by atoms with van der Waals surface area (Å²) in [6.07, 6.45) is 13.4. The Labute approximate surface area is 173 Å². The van der Waals surface area contributed by atoms with Crippen LogP contribution in [0.5, 0.6) is 0 Å². The molecule has 7 heteroatoms. The minimum absolute atomic E-state index is 0. The van der Waals surface area contributed by atoms with Crippen molar-refractivity contribution in [2.24, 2.45) is 0 Å². The van der Waals surface area contributed by atoms with Crippen LogP contribution in [0.25, 0.3) is 5.65 Å². The lowest BCUT2D eigenvalue weighted by molar-refractivity contribution is 0.286. The van der Waals surface area contributed by atoms with Crippen molar-refractivity contribution in [3.8, 4) is 0 Å². The van der Waals surface area contributed by atoms with Gasteiger partial charge in [-0.05, 0) is 45.1 Å². The third kappa shape index (κ3) is 3.32. The fourth-order valence-electron chi connectivity index (χ4n) is 5.31. The van der Waals surface area contributed by atoms with E-state index in [9.17, 15) is 0 Å². The summed E-state index contributed by atoms with van der Waals surface area (Å²) >= 11 is 0. The Hall–Kier alpha value is -1.04. The van der Waals surface area contributed by atoms with Gasteiger partial charge in [-0.2, -0.15) is 9.61 Å². The SMILES string of the molecule is CCc1cnn2c(NC3CCNC3)c3c(nc12)C1(CCCCC1)CC3.Cl.Cl. The molecule has 27 heavy (non-hydrogen) atoms. The van der Waals surface area contributed by atoms with E-state index in [-0.39, 0.29) is 24.8 Å². The monoisotopic (exact) mass is 411 g/mol. The molecule has 2 aromatic heterocycles. The maximum absolute atomic E-state index is 5.24. The van der Waals surface area contributed by atoms with Gasteiger partial charge >= 0.3 is 0 Å². The van der Waals surface area contributed by atoms with Crippen LogP contribution >= 0.6 is 24.8 Å². The predicted octanol–water partition coefficient (Wildman–Crippen LogP) is 4.06. The molecule has 3 aliphatic rings. The third-order valence-corrected chi connectivity index (χ3v) is 6.77. The molecule has 1 saturated heterocycles. The molecule has 5 rings (SSSR count). The number of halogens is 2. The molecule has 1 aliphatic heterocycles. The van der Waals surface area contributed by atoms with Gasteiger partial charge in [0, 0.05) is 29.1 Å². The zero-order valence-electron chi connectivity index (χ0n) is 16.1. The van der Waals surface area contributed by atoms with Crippen LogP contribution in [0.3, 0.4) is 0 Å². The van der Waals surface area contributed by atoms with Gasteiger partial charge < -0.3 is 10.6 Å². The van der Waals surface area contributed by atoms with Gasteiger partial charge in [0.25, 0.3) is 0 Å². The smallest absolute Gasteiger partial charge is 0.160 e. The summed E-state index contributed by atoms with van der Waals surface area (Å²) in [7, 11) is 0. The molecular weight excluding hydrogens is 381 g/mol. The fraction of sp³-hybridized carbons (Fsp3) is 0.700. The van der Waals surface area contributed by atoms with E-state index in [1.807, 2.05) is 6.20 Å². The van der Waals surface area contributed by atoms with E-state index in [0.717, 1.165) is 31.6 Å². The standard InChI is InChI=1S/C20H29N5.2ClH/c1-2-14-12-22-25-18(14)24-17-16(19(25)23-15-7-11-21-13-15)6-10-20(17)8-4-3-5-9-20;;/h12,15,21,23H,2-11,13H2,1H3;2*1H. The molecule has 150 valence electrons. The lowest BCUT2D eigenvalue weighted by Crippen LogP contribution is -2.28. The average molecular weight is 412 g/mol. The second-order valence-electron chi connectivity index (χ2n) is 8.22. The van der Waals surface area contributed by atoms with Crippen LogP contribution in [0.1, 0.15) is 68.7 Å². The van der Waals surface area contributed by atoms with Crippen molar-refractivity contribution >= 4 is 36.3 Å². The number of aryl methyl sites for hydroxylation is 1. The molecule has 5 nitrogen and oxygen atoms in total. The molecule has 2 N–H and O–H groups in total. The summed E-state index contributed by atoms with van der Waals surface area (Å²) in [5.41, 5.74) is 5.56. The van der Waals surface area contributed by atoms with Gasteiger partial charge in [-0.1, -0.05) is 26.2 Å². The number of aromatic nitrogens is 3. The van der Waals surface area contributed by atoms with Gasteiger partial charge in [0.1, 0.15) is 5.82 Å². The molecule has 0 radical (unpaired) electrons. The van der Waals surface area contributed by atoms with Gasteiger partial charge in [0.05, 0.1) is 11.9 Å². The molecule has 0 bridgehead atoms. The van der Waals surface area contributed by atoms with Crippen LogP contribution in [0.2, 0.25) is 0 Å².